The fraction of sp³-hybridized carbons (Fsp3) is 0.212. The Bertz CT molecular complexity index is 1470. The molecule has 0 aliphatic carbocycles. The maximum absolute atomic E-state index is 11.4. The summed E-state index contributed by atoms with van der Waals surface area (Å²) in [6.07, 6.45) is 5.77. The number of carbonyl (C=O) groups excluding carboxylic acids is 1. The van der Waals surface area contributed by atoms with Crippen LogP contribution < -0.4 is 9.47 Å². The Hall–Kier alpha value is -4.38. The first-order chi connectivity index (χ1) is 18.5. The molecule has 0 unspecified atom stereocenters. The summed E-state index contributed by atoms with van der Waals surface area (Å²) in [6.45, 7) is 9.09. The molecule has 38 heavy (non-hydrogen) atoms. The lowest BCUT2D eigenvalue weighted by atomic mass is 9.88. The third-order valence-corrected chi connectivity index (χ3v) is 6.79. The fourth-order valence-electron chi connectivity index (χ4n) is 4.76. The number of hydrogen-bond acceptors (Lipinski definition) is 4. The first-order valence-electron chi connectivity index (χ1n) is 12.8. The van der Waals surface area contributed by atoms with Crippen LogP contribution in [0.15, 0.2) is 79.4 Å². The molecule has 5 heteroatoms. The number of unbranched alkanes of at least 4 members (excludes halogenated alkanes) is 1. The van der Waals surface area contributed by atoms with Crippen LogP contribution in [0.2, 0.25) is 0 Å². The van der Waals surface area contributed by atoms with Gasteiger partial charge in [0.1, 0.15) is 11.5 Å². The van der Waals surface area contributed by atoms with E-state index in [0.29, 0.717) is 24.4 Å². The third kappa shape index (κ3) is 5.78. The quantitative estimate of drug-likeness (QED) is 0.119. The van der Waals surface area contributed by atoms with E-state index in [9.17, 15) is 14.7 Å². The van der Waals surface area contributed by atoms with Crippen molar-refractivity contribution in [1.82, 2.24) is 0 Å². The fourth-order valence-corrected chi connectivity index (χ4v) is 4.76. The third-order valence-electron chi connectivity index (χ3n) is 6.79. The predicted octanol–water partition coefficient (Wildman–Crippen LogP) is 8.01. The summed E-state index contributed by atoms with van der Waals surface area (Å²) in [5.41, 5.74) is 6.17. The standard InChI is InChI=1S/C33H32O5/c1-4-6-8-28-22(3)31(19-26-18-27(14-16-29(26)28)37-17-7-5-2)25-13-15-30(32(20-25)38-21-34)23-9-11-24(12-10-23)33(35)36/h5,9-16,18-21H,2,4,6-8,17H2,1,3H3,(H,35,36). The van der Waals surface area contributed by atoms with Crippen LogP contribution in [0.3, 0.4) is 0 Å². The lowest BCUT2D eigenvalue weighted by molar-refractivity contribution is -0.120. The Balaban J connectivity index is 1.82. The van der Waals surface area contributed by atoms with E-state index in [-0.39, 0.29) is 5.56 Å². The molecular weight excluding hydrogens is 476 g/mol. The van der Waals surface area contributed by atoms with Gasteiger partial charge < -0.3 is 14.6 Å². The van der Waals surface area contributed by atoms with Gasteiger partial charge in [-0.15, -0.1) is 6.58 Å². The number of fused-ring (bicyclic) bond motifs is 1. The molecule has 0 saturated heterocycles. The van der Waals surface area contributed by atoms with Crippen molar-refractivity contribution < 1.29 is 24.2 Å². The van der Waals surface area contributed by atoms with E-state index in [4.69, 9.17) is 9.47 Å². The average molecular weight is 509 g/mol. The number of hydrogen-bond donors (Lipinski definition) is 1. The normalized spacial score (nSPS) is 10.8. The topological polar surface area (TPSA) is 72.8 Å². The number of carbonyl (C=O) groups is 2. The number of aromatic carboxylic acids is 1. The van der Waals surface area contributed by atoms with Gasteiger partial charge in [0.25, 0.3) is 6.47 Å². The number of benzene rings is 4. The Kier molecular flexibility index (Phi) is 8.59. The van der Waals surface area contributed by atoms with Crippen LogP contribution in [0.5, 0.6) is 11.5 Å². The molecule has 0 aromatic heterocycles. The monoisotopic (exact) mass is 508 g/mol. The van der Waals surface area contributed by atoms with Gasteiger partial charge in [0.15, 0.2) is 0 Å². The lowest BCUT2D eigenvalue weighted by Gasteiger charge is -2.18. The van der Waals surface area contributed by atoms with Crippen molar-refractivity contribution in [3.05, 3.63) is 96.1 Å². The molecule has 0 saturated carbocycles. The van der Waals surface area contributed by atoms with Crippen molar-refractivity contribution in [2.24, 2.45) is 0 Å². The first kappa shape index (κ1) is 26.7. The zero-order valence-electron chi connectivity index (χ0n) is 21.8. The second-order valence-electron chi connectivity index (χ2n) is 9.25. The van der Waals surface area contributed by atoms with Gasteiger partial charge in [0.05, 0.1) is 12.2 Å². The summed E-state index contributed by atoms with van der Waals surface area (Å²) >= 11 is 0. The van der Waals surface area contributed by atoms with E-state index in [2.05, 4.69) is 38.6 Å². The molecule has 0 aliphatic heterocycles. The molecule has 0 aliphatic rings. The largest absolute Gasteiger partial charge is 0.493 e. The van der Waals surface area contributed by atoms with Gasteiger partial charge in [-0.05, 0) is 101 Å². The minimum absolute atomic E-state index is 0.197. The Labute approximate surface area is 223 Å². The second-order valence-corrected chi connectivity index (χ2v) is 9.25. The van der Waals surface area contributed by atoms with Crippen LogP contribution in [0.25, 0.3) is 33.0 Å². The van der Waals surface area contributed by atoms with E-state index in [1.807, 2.05) is 30.3 Å². The molecule has 0 amide bonds. The Morgan fingerprint density at radius 3 is 2.42 bits per heavy atom. The van der Waals surface area contributed by atoms with Gasteiger partial charge in [0.2, 0.25) is 0 Å². The van der Waals surface area contributed by atoms with Crippen molar-refractivity contribution >= 4 is 23.2 Å². The highest BCUT2D eigenvalue weighted by atomic mass is 16.5. The maximum atomic E-state index is 11.4. The summed E-state index contributed by atoms with van der Waals surface area (Å²) in [5, 5.41) is 11.5. The minimum atomic E-state index is -0.990. The highest BCUT2D eigenvalue weighted by Crippen LogP contribution is 2.39. The van der Waals surface area contributed by atoms with E-state index in [0.717, 1.165) is 53.5 Å². The van der Waals surface area contributed by atoms with Gasteiger partial charge in [0, 0.05) is 5.56 Å². The van der Waals surface area contributed by atoms with Crippen molar-refractivity contribution in [3.63, 3.8) is 0 Å². The average Bonchev–Trinajstić information content (AvgIpc) is 2.93. The van der Waals surface area contributed by atoms with Gasteiger partial charge in [-0.3, -0.25) is 4.79 Å². The van der Waals surface area contributed by atoms with Gasteiger partial charge in [-0.25, -0.2) is 4.79 Å². The van der Waals surface area contributed by atoms with Crippen molar-refractivity contribution in [3.8, 4) is 33.8 Å². The smallest absolute Gasteiger partial charge is 0.335 e. The van der Waals surface area contributed by atoms with Crippen LogP contribution in [-0.2, 0) is 11.2 Å². The molecule has 1 N–H and O–H groups in total. The zero-order valence-corrected chi connectivity index (χ0v) is 21.8. The molecule has 4 rings (SSSR count). The molecule has 0 spiro atoms. The summed E-state index contributed by atoms with van der Waals surface area (Å²) in [6, 6.07) is 20.7. The van der Waals surface area contributed by atoms with Crippen LogP contribution in [0, 0.1) is 6.92 Å². The molecule has 0 fully saturated rings. The number of ether oxygens (including phenoxy) is 2. The molecule has 5 nitrogen and oxygen atoms in total. The van der Waals surface area contributed by atoms with Crippen molar-refractivity contribution in [2.75, 3.05) is 6.61 Å². The predicted molar refractivity (Wildman–Crippen MR) is 152 cm³/mol. The van der Waals surface area contributed by atoms with Gasteiger partial charge in [-0.1, -0.05) is 49.8 Å². The molecular formula is C33H32O5. The van der Waals surface area contributed by atoms with Crippen LogP contribution in [-0.4, -0.2) is 24.2 Å². The number of carboxylic acid groups (broad SMARTS) is 1. The van der Waals surface area contributed by atoms with E-state index < -0.39 is 5.97 Å². The Morgan fingerprint density at radius 1 is 0.974 bits per heavy atom. The summed E-state index contributed by atoms with van der Waals surface area (Å²) < 4.78 is 11.3. The van der Waals surface area contributed by atoms with Crippen LogP contribution in [0.1, 0.15) is 47.7 Å². The van der Waals surface area contributed by atoms with E-state index in [1.165, 1.54) is 16.5 Å². The molecule has 0 atom stereocenters. The first-order valence-corrected chi connectivity index (χ1v) is 12.8. The summed E-state index contributed by atoms with van der Waals surface area (Å²) in [4.78, 5) is 22.6. The molecule has 194 valence electrons. The van der Waals surface area contributed by atoms with Crippen molar-refractivity contribution in [1.29, 1.82) is 0 Å². The lowest BCUT2D eigenvalue weighted by Crippen LogP contribution is -1.99. The molecule has 4 aromatic carbocycles. The van der Waals surface area contributed by atoms with Crippen LogP contribution >= 0.6 is 0 Å². The molecule has 0 heterocycles. The molecule has 0 radical (unpaired) electrons. The Morgan fingerprint density at radius 2 is 1.74 bits per heavy atom. The second kappa shape index (κ2) is 12.2. The van der Waals surface area contributed by atoms with Crippen LogP contribution in [0.4, 0.5) is 0 Å². The highest BCUT2D eigenvalue weighted by molar-refractivity contribution is 5.94. The van der Waals surface area contributed by atoms with Crippen molar-refractivity contribution in [2.45, 2.75) is 39.5 Å². The SMILES string of the molecule is C=CCCOc1ccc2c(CCCC)c(C)c(-c3ccc(-c4ccc(C(=O)O)cc4)c(OC=O)c3)cc2c1. The highest BCUT2D eigenvalue weighted by Gasteiger charge is 2.16. The molecule has 0 bridgehead atoms. The molecule has 4 aromatic rings. The van der Waals surface area contributed by atoms with Gasteiger partial charge in [-0.2, -0.15) is 0 Å². The van der Waals surface area contributed by atoms with Gasteiger partial charge >= 0.3 is 5.97 Å². The number of aryl methyl sites for hydroxylation is 1. The maximum Gasteiger partial charge on any atom is 0.335 e. The number of carboxylic acids is 1. The summed E-state index contributed by atoms with van der Waals surface area (Å²) in [5.74, 6) is 0.244. The zero-order chi connectivity index (χ0) is 27.1. The van der Waals surface area contributed by atoms with E-state index >= 15 is 0 Å². The minimum Gasteiger partial charge on any atom is -0.493 e. The summed E-state index contributed by atoms with van der Waals surface area (Å²) in [7, 11) is 0. The number of rotatable bonds is 12. The van der Waals surface area contributed by atoms with E-state index in [1.54, 1.807) is 24.3 Å².